The van der Waals surface area contributed by atoms with Gasteiger partial charge in [-0.25, -0.2) is 4.79 Å². The van der Waals surface area contributed by atoms with Gasteiger partial charge < -0.3 is 15.0 Å². The van der Waals surface area contributed by atoms with Crippen molar-refractivity contribution in [3.8, 4) is 6.07 Å². The SMILES string of the molecule is CCC1=C(C(=O)N2CCOCC2)C(c2ccc(C#N)cc2)NC(=O)N1c1cccc(C(F)(F)F)c1. The molecule has 0 saturated carbocycles. The second kappa shape index (κ2) is 9.80. The number of amides is 3. The number of alkyl halides is 3. The Morgan fingerprint density at radius 1 is 1.17 bits per heavy atom. The van der Waals surface area contributed by atoms with Gasteiger partial charge in [0.25, 0.3) is 5.91 Å². The minimum Gasteiger partial charge on any atom is -0.378 e. The third kappa shape index (κ3) is 4.86. The number of ether oxygens (including phenoxy) is 1. The lowest BCUT2D eigenvalue weighted by Gasteiger charge is -2.39. The van der Waals surface area contributed by atoms with Gasteiger partial charge in [-0.1, -0.05) is 25.1 Å². The van der Waals surface area contributed by atoms with Crippen LogP contribution >= 0.6 is 0 Å². The fourth-order valence-corrected chi connectivity index (χ4v) is 4.30. The Morgan fingerprint density at radius 2 is 1.86 bits per heavy atom. The highest BCUT2D eigenvalue weighted by molar-refractivity contribution is 6.05. The maximum atomic E-state index is 13.7. The first-order valence-corrected chi connectivity index (χ1v) is 11.1. The summed E-state index contributed by atoms with van der Waals surface area (Å²) in [5.74, 6) is -0.323. The molecule has 10 heteroatoms. The summed E-state index contributed by atoms with van der Waals surface area (Å²) in [5.41, 5.74) is 0.717. The Hall–Kier alpha value is -3.84. The Morgan fingerprint density at radius 3 is 2.46 bits per heavy atom. The summed E-state index contributed by atoms with van der Waals surface area (Å²) in [6, 6.07) is 11.5. The predicted molar refractivity (Wildman–Crippen MR) is 121 cm³/mol. The number of benzene rings is 2. The van der Waals surface area contributed by atoms with E-state index in [0.29, 0.717) is 43.1 Å². The van der Waals surface area contributed by atoms with Gasteiger partial charge in [0.2, 0.25) is 0 Å². The van der Waals surface area contributed by atoms with Crippen LogP contribution in [0.25, 0.3) is 0 Å². The zero-order chi connectivity index (χ0) is 25.2. The number of urea groups is 1. The standard InChI is InChI=1S/C25H23F3N4O3/c1-2-20-21(23(33)31-10-12-35-13-11-31)22(17-8-6-16(15-29)7-9-17)30-24(34)32(20)19-5-3-4-18(14-19)25(26,27)28/h3-9,14,22H,2,10-13H2,1H3,(H,30,34). The number of hydrogen-bond acceptors (Lipinski definition) is 4. The fourth-order valence-electron chi connectivity index (χ4n) is 4.30. The van der Waals surface area contributed by atoms with E-state index in [9.17, 15) is 22.8 Å². The smallest absolute Gasteiger partial charge is 0.378 e. The molecule has 4 rings (SSSR count). The van der Waals surface area contributed by atoms with Crippen LogP contribution < -0.4 is 10.2 Å². The van der Waals surface area contributed by atoms with Crippen LogP contribution in [-0.2, 0) is 15.7 Å². The van der Waals surface area contributed by atoms with E-state index < -0.39 is 23.8 Å². The molecule has 2 aliphatic rings. The molecule has 0 aliphatic carbocycles. The van der Waals surface area contributed by atoms with Crippen molar-refractivity contribution in [3.63, 3.8) is 0 Å². The average Bonchev–Trinajstić information content (AvgIpc) is 2.87. The van der Waals surface area contributed by atoms with Gasteiger partial charge in [0, 0.05) is 18.8 Å². The molecular formula is C25H23F3N4O3. The lowest BCUT2D eigenvalue weighted by Crippen LogP contribution is -2.51. The highest BCUT2D eigenvalue weighted by Gasteiger charge is 2.40. The van der Waals surface area contributed by atoms with Crippen LogP contribution in [0.3, 0.4) is 0 Å². The number of morpholine rings is 1. The molecule has 7 nitrogen and oxygen atoms in total. The van der Waals surface area contributed by atoms with Crippen LogP contribution in [0.5, 0.6) is 0 Å². The van der Waals surface area contributed by atoms with E-state index in [-0.39, 0.29) is 23.6 Å². The number of nitrogens with one attached hydrogen (secondary N) is 1. The van der Waals surface area contributed by atoms with Crippen LogP contribution in [0.15, 0.2) is 59.8 Å². The van der Waals surface area contributed by atoms with Crippen LogP contribution in [0.2, 0.25) is 0 Å². The van der Waals surface area contributed by atoms with E-state index in [0.717, 1.165) is 17.0 Å². The molecule has 0 bridgehead atoms. The van der Waals surface area contributed by atoms with Gasteiger partial charge in [-0.15, -0.1) is 0 Å². The molecule has 2 aromatic carbocycles. The van der Waals surface area contributed by atoms with Crippen molar-refractivity contribution in [1.82, 2.24) is 10.2 Å². The minimum atomic E-state index is -4.59. The molecule has 1 unspecified atom stereocenters. The molecule has 35 heavy (non-hydrogen) atoms. The molecule has 3 amide bonds. The van der Waals surface area contributed by atoms with Crippen LogP contribution in [-0.4, -0.2) is 43.1 Å². The summed E-state index contributed by atoms with van der Waals surface area (Å²) >= 11 is 0. The number of anilines is 1. The fraction of sp³-hybridized carbons (Fsp3) is 0.320. The second-order valence-electron chi connectivity index (χ2n) is 8.12. The molecule has 1 N–H and O–H groups in total. The van der Waals surface area contributed by atoms with Crippen LogP contribution in [0.1, 0.15) is 36.1 Å². The number of hydrogen-bond donors (Lipinski definition) is 1. The highest BCUT2D eigenvalue weighted by atomic mass is 19.4. The minimum absolute atomic E-state index is 0.0136. The van der Waals surface area contributed by atoms with Gasteiger partial charge in [0.05, 0.1) is 47.7 Å². The summed E-state index contributed by atoms with van der Waals surface area (Å²) in [5, 5.41) is 11.9. The molecule has 1 atom stereocenters. The quantitative estimate of drug-likeness (QED) is 0.699. The first-order chi connectivity index (χ1) is 16.7. The molecule has 2 aromatic rings. The van der Waals surface area contributed by atoms with Gasteiger partial charge in [0.15, 0.2) is 0 Å². The predicted octanol–water partition coefficient (Wildman–Crippen LogP) is 4.37. The third-order valence-corrected chi connectivity index (χ3v) is 6.01. The maximum Gasteiger partial charge on any atom is 0.416 e. The summed E-state index contributed by atoms with van der Waals surface area (Å²) in [6.07, 6.45) is -4.36. The van der Waals surface area contributed by atoms with E-state index in [1.165, 1.54) is 12.1 Å². The third-order valence-electron chi connectivity index (χ3n) is 6.01. The van der Waals surface area contributed by atoms with Gasteiger partial charge in [0.1, 0.15) is 0 Å². The summed E-state index contributed by atoms with van der Waals surface area (Å²) in [7, 11) is 0. The van der Waals surface area contributed by atoms with Crippen molar-refractivity contribution in [2.75, 3.05) is 31.2 Å². The van der Waals surface area contributed by atoms with Crippen molar-refractivity contribution in [2.24, 2.45) is 0 Å². The number of allylic oxidation sites excluding steroid dienone is 1. The number of nitriles is 1. The highest BCUT2D eigenvalue weighted by Crippen LogP contribution is 2.38. The van der Waals surface area contributed by atoms with Gasteiger partial charge in [-0.2, -0.15) is 18.4 Å². The monoisotopic (exact) mass is 484 g/mol. The Balaban J connectivity index is 1.86. The molecule has 1 saturated heterocycles. The van der Waals surface area contributed by atoms with Crippen molar-refractivity contribution in [1.29, 1.82) is 5.26 Å². The molecular weight excluding hydrogens is 461 g/mol. The Bertz CT molecular complexity index is 1200. The molecule has 0 aromatic heterocycles. The number of halogens is 3. The lowest BCUT2D eigenvalue weighted by atomic mass is 9.91. The van der Waals surface area contributed by atoms with E-state index in [1.54, 1.807) is 36.1 Å². The maximum absolute atomic E-state index is 13.7. The molecule has 0 radical (unpaired) electrons. The molecule has 1 fully saturated rings. The normalized spacial score (nSPS) is 18.8. The summed E-state index contributed by atoms with van der Waals surface area (Å²) < 4.78 is 45.5. The lowest BCUT2D eigenvalue weighted by molar-refractivity contribution is -0.137. The van der Waals surface area contributed by atoms with Gasteiger partial charge >= 0.3 is 12.2 Å². The molecule has 182 valence electrons. The van der Waals surface area contributed by atoms with Gasteiger partial charge in [-0.05, 0) is 42.3 Å². The average molecular weight is 484 g/mol. The number of rotatable bonds is 4. The number of nitrogens with zero attached hydrogens (tertiary/aromatic N) is 3. The first-order valence-electron chi connectivity index (χ1n) is 11.1. The Labute approximate surface area is 200 Å². The summed E-state index contributed by atoms with van der Waals surface area (Å²) in [4.78, 5) is 29.8. The number of carbonyl (C=O) groups excluding carboxylic acids is 2. The molecule has 0 spiro atoms. The largest absolute Gasteiger partial charge is 0.416 e. The van der Waals surface area contributed by atoms with Crippen molar-refractivity contribution in [2.45, 2.75) is 25.6 Å². The van der Waals surface area contributed by atoms with Crippen molar-refractivity contribution in [3.05, 3.63) is 76.5 Å². The second-order valence-corrected chi connectivity index (χ2v) is 8.12. The van der Waals surface area contributed by atoms with E-state index in [1.807, 2.05) is 6.07 Å². The zero-order valence-electron chi connectivity index (χ0n) is 18.9. The first kappa shape index (κ1) is 24.3. The zero-order valence-corrected chi connectivity index (χ0v) is 18.9. The van der Waals surface area contributed by atoms with E-state index >= 15 is 0 Å². The summed E-state index contributed by atoms with van der Waals surface area (Å²) in [6.45, 7) is 3.20. The van der Waals surface area contributed by atoms with Crippen molar-refractivity contribution < 1.29 is 27.5 Å². The van der Waals surface area contributed by atoms with E-state index in [4.69, 9.17) is 10.00 Å². The molecule has 2 aliphatic heterocycles. The van der Waals surface area contributed by atoms with Crippen molar-refractivity contribution >= 4 is 17.6 Å². The van der Waals surface area contributed by atoms with Gasteiger partial charge in [-0.3, -0.25) is 9.69 Å². The number of carbonyl (C=O) groups is 2. The Kier molecular flexibility index (Phi) is 6.80. The molecule has 2 heterocycles. The topological polar surface area (TPSA) is 85.7 Å². The van der Waals surface area contributed by atoms with Crippen LogP contribution in [0, 0.1) is 11.3 Å². The van der Waals surface area contributed by atoms with Crippen LogP contribution in [0.4, 0.5) is 23.7 Å². The van der Waals surface area contributed by atoms with E-state index in [2.05, 4.69) is 5.32 Å².